The zero-order chi connectivity index (χ0) is 17.8. The summed E-state index contributed by atoms with van der Waals surface area (Å²) in [7, 11) is 0. The van der Waals surface area contributed by atoms with Crippen LogP contribution in [0.3, 0.4) is 0 Å². The van der Waals surface area contributed by atoms with E-state index in [1.54, 1.807) is 15.6 Å². The van der Waals surface area contributed by atoms with Crippen LogP contribution in [0.15, 0.2) is 42.6 Å². The third-order valence-electron chi connectivity index (χ3n) is 4.25. The SMILES string of the molecule is CC(C)CN1C[C@H](C(=O)Nc2ccn(Cc3ccccc3)n2)CC1=O. The lowest BCUT2D eigenvalue weighted by Gasteiger charge is -2.18. The molecule has 0 spiro atoms. The molecule has 1 saturated heterocycles. The van der Waals surface area contributed by atoms with Gasteiger partial charge in [-0.1, -0.05) is 44.2 Å². The maximum absolute atomic E-state index is 12.4. The van der Waals surface area contributed by atoms with Crippen molar-refractivity contribution in [3.05, 3.63) is 48.2 Å². The molecule has 1 atom stereocenters. The third kappa shape index (κ3) is 4.47. The summed E-state index contributed by atoms with van der Waals surface area (Å²) in [5, 5.41) is 7.22. The first-order valence-electron chi connectivity index (χ1n) is 8.67. The molecule has 0 bridgehead atoms. The molecule has 1 aromatic carbocycles. The minimum Gasteiger partial charge on any atom is -0.342 e. The zero-order valence-corrected chi connectivity index (χ0v) is 14.7. The van der Waals surface area contributed by atoms with Gasteiger partial charge in [0, 0.05) is 31.8 Å². The summed E-state index contributed by atoms with van der Waals surface area (Å²) >= 11 is 0. The summed E-state index contributed by atoms with van der Waals surface area (Å²) in [5.74, 6) is 0.550. The van der Waals surface area contributed by atoms with Gasteiger partial charge in [0.1, 0.15) is 0 Å². The Morgan fingerprint density at radius 1 is 1.28 bits per heavy atom. The molecule has 0 aliphatic carbocycles. The first-order chi connectivity index (χ1) is 12.0. The normalized spacial score (nSPS) is 17.3. The van der Waals surface area contributed by atoms with Crippen LogP contribution in [0.1, 0.15) is 25.8 Å². The molecule has 1 fully saturated rings. The molecule has 3 rings (SSSR count). The quantitative estimate of drug-likeness (QED) is 0.878. The fourth-order valence-electron chi connectivity index (χ4n) is 3.08. The average Bonchev–Trinajstić information content (AvgIpc) is 3.15. The molecular formula is C19H24N4O2. The molecule has 0 unspecified atom stereocenters. The topological polar surface area (TPSA) is 67.2 Å². The summed E-state index contributed by atoms with van der Waals surface area (Å²) in [5.41, 5.74) is 1.15. The summed E-state index contributed by atoms with van der Waals surface area (Å²) in [6.45, 7) is 5.99. The molecule has 1 aliphatic rings. The van der Waals surface area contributed by atoms with Crippen LogP contribution < -0.4 is 5.32 Å². The lowest BCUT2D eigenvalue weighted by molar-refractivity contribution is -0.128. The van der Waals surface area contributed by atoms with Gasteiger partial charge in [-0.3, -0.25) is 14.3 Å². The van der Waals surface area contributed by atoms with Crippen molar-refractivity contribution in [1.29, 1.82) is 0 Å². The third-order valence-corrected chi connectivity index (χ3v) is 4.25. The molecule has 6 heteroatoms. The van der Waals surface area contributed by atoms with Crippen LogP contribution in [0.5, 0.6) is 0 Å². The van der Waals surface area contributed by atoms with E-state index in [-0.39, 0.29) is 24.2 Å². The smallest absolute Gasteiger partial charge is 0.230 e. The van der Waals surface area contributed by atoms with E-state index in [1.807, 2.05) is 36.5 Å². The van der Waals surface area contributed by atoms with E-state index in [1.165, 1.54) is 0 Å². The second kappa shape index (κ2) is 7.51. The molecule has 0 radical (unpaired) electrons. The van der Waals surface area contributed by atoms with E-state index in [2.05, 4.69) is 24.3 Å². The number of amides is 2. The van der Waals surface area contributed by atoms with E-state index in [0.29, 0.717) is 31.4 Å². The van der Waals surface area contributed by atoms with Crippen molar-refractivity contribution >= 4 is 17.6 Å². The van der Waals surface area contributed by atoms with Crippen LogP contribution in [0.4, 0.5) is 5.82 Å². The maximum Gasteiger partial charge on any atom is 0.230 e. The second-order valence-electron chi connectivity index (χ2n) is 6.97. The van der Waals surface area contributed by atoms with Gasteiger partial charge in [0.2, 0.25) is 11.8 Å². The minimum atomic E-state index is -0.300. The number of hydrogen-bond acceptors (Lipinski definition) is 3. The molecule has 25 heavy (non-hydrogen) atoms. The molecule has 132 valence electrons. The largest absolute Gasteiger partial charge is 0.342 e. The highest BCUT2D eigenvalue weighted by atomic mass is 16.2. The Hall–Kier alpha value is -2.63. The Morgan fingerprint density at radius 2 is 2.04 bits per heavy atom. The van der Waals surface area contributed by atoms with Crippen molar-refractivity contribution < 1.29 is 9.59 Å². The van der Waals surface area contributed by atoms with Gasteiger partial charge in [-0.15, -0.1) is 0 Å². The second-order valence-corrected chi connectivity index (χ2v) is 6.97. The number of rotatable bonds is 6. The Labute approximate surface area is 147 Å². The van der Waals surface area contributed by atoms with Gasteiger partial charge in [-0.05, 0) is 11.5 Å². The van der Waals surface area contributed by atoms with Crippen LogP contribution in [0, 0.1) is 11.8 Å². The zero-order valence-electron chi connectivity index (χ0n) is 14.7. The number of likely N-dealkylation sites (tertiary alicyclic amines) is 1. The fraction of sp³-hybridized carbons (Fsp3) is 0.421. The van der Waals surface area contributed by atoms with E-state index >= 15 is 0 Å². The number of aromatic nitrogens is 2. The molecule has 1 N–H and O–H groups in total. The maximum atomic E-state index is 12.4. The van der Waals surface area contributed by atoms with Crippen LogP contribution in [-0.4, -0.2) is 39.6 Å². The van der Waals surface area contributed by atoms with Gasteiger partial charge in [0.05, 0.1) is 12.5 Å². The van der Waals surface area contributed by atoms with Gasteiger partial charge in [-0.2, -0.15) is 5.10 Å². The molecule has 1 aromatic heterocycles. The van der Waals surface area contributed by atoms with Gasteiger partial charge < -0.3 is 10.2 Å². The van der Waals surface area contributed by atoms with Crippen LogP contribution >= 0.6 is 0 Å². The molecular weight excluding hydrogens is 316 g/mol. The predicted octanol–water partition coefficient (Wildman–Crippen LogP) is 2.37. The first-order valence-corrected chi connectivity index (χ1v) is 8.67. The van der Waals surface area contributed by atoms with Crippen molar-refractivity contribution in [1.82, 2.24) is 14.7 Å². The Morgan fingerprint density at radius 3 is 2.76 bits per heavy atom. The number of anilines is 1. The number of nitrogens with one attached hydrogen (secondary N) is 1. The Bertz CT molecular complexity index is 739. The number of nitrogens with zero attached hydrogens (tertiary/aromatic N) is 3. The number of carbonyl (C=O) groups is 2. The van der Waals surface area contributed by atoms with E-state index in [9.17, 15) is 9.59 Å². The fourth-order valence-corrected chi connectivity index (χ4v) is 3.08. The highest BCUT2D eigenvalue weighted by molar-refractivity contribution is 5.96. The lowest BCUT2D eigenvalue weighted by atomic mass is 10.1. The van der Waals surface area contributed by atoms with Crippen molar-refractivity contribution in [2.75, 3.05) is 18.4 Å². The lowest BCUT2D eigenvalue weighted by Crippen LogP contribution is -2.31. The molecule has 0 saturated carbocycles. The molecule has 1 aliphatic heterocycles. The average molecular weight is 340 g/mol. The standard InChI is InChI=1S/C19H24N4O2/c1-14(2)11-22-13-16(10-18(22)24)19(25)20-17-8-9-23(21-17)12-15-6-4-3-5-7-15/h3-9,14,16H,10-13H2,1-2H3,(H,20,21,25)/t16-/m1/s1. The molecule has 2 amide bonds. The van der Waals surface area contributed by atoms with Crippen molar-refractivity contribution in [3.8, 4) is 0 Å². The van der Waals surface area contributed by atoms with Gasteiger partial charge in [-0.25, -0.2) is 0 Å². The molecule has 2 heterocycles. The number of benzene rings is 1. The van der Waals surface area contributed by atoms with Crippen LogP contribution in [-0.2, 0) is 16.1 Å². The van der Waals surface area contributed by atoms with E-state index < -0.39 is 0 Å². The van der Waals surface area contributed by atoms with Crippen LogP contribution in [0.25, 0.3) is 0 Å². The van der Waals surface area contributed by atoms with Crippen molar-refractivity contribution in [3.63, 3.8) is 0 Å². The van der Waals surface area contributed by atoms with Gasteiger partial charge in [0.25, 0.3) is 0 Å². The summed E-state index contributed by atoms with van der Waals surface area (Å²) in [6.07, 6.45) is 2.12. The van der Waals surface area contributed by atoms with E-state index in [0.717, 1.165) is 5.56 Å². The van der Waals surface area contributed by atoms with Crippen molar-refractivity contribution in [2.45, 2.75) is 26.8 Å². The Balaban J connectivity index is 1.56. The Kier molecular flexibility index (Phi) is 5.16. The van der Waals surface area contributed by atoms with Gasteiger partial charge >= 0.3 is 0 Å². The number of carbonyl (C=O) groups excluding carboxylic acids is 2. The highest BCUT2D eigenvalue weighted by Gasteiger charge is 2.34. The minimum absolute atomic E-state index is 0.0588. The van der Waals surface area contributed by atoms with Crippen LogP contribution in [0.2, 0.25) is 0 Å². The first kappa shape index (κ1) is 17.2. The highest BCUT2D eigenvalue weighted by Crippen LogP contribution is 2.20. The summed E-state index contributed by atoms with van der Waals surface area (Å²) in [4.78, 5) is 26.2. The predicted molar refractivity (Wildman–Crippen MR) is 95.9 cm³/mol. The summed E-state index contributed by atoms with van der Waals surface area (Å²) < 4.78 is 1.79. The molecule has 2 aromatic rings. The van der Waals surface area contributed by atoms with Crippen molar-refractivity contribution in [2.24, 2.45) is 11.8 Å². The van der Waals surface area contributed by atoms with E-state index in [4.69, 9.17) is 0 Å². The summed E-state index contributed by atoms with van der Waals surface area (Å²) in [6, 6.07) is 11.8. The number of hydrogen-bond donors (Lipinski definition) is 1. The van der Waals surface area contributed by atoms with Gasteiger partial charge in [0.15, 0.2) is 5.82 Å². The molecule has 6 nitrogen and oxygen atoms in total. The monoisotopic (exact) mass is 340 g/mol.